The highest BCUT2D eigenvalue weighted by molar-refractivity contribution is 5.32. The minimum atomic E-state index is -0.564. The molecule has 0 heterocycles. The van der Waals surface area contributed by atoms with Gasteiger partial charge in [-0.15, -0.1) is 0 Å². The molecule has 1 N–H and O–H groups in total. The second kappa shape index (κ2) is 3.07. The molecule has 1 aromatic carbocycles. The Kier molecular flexibility index (Phi) is 2.04. The number of hydrogen-bond acceptors (Lipinski definition) is 1. The summed E-state index contributed by atoms with van der Waals surface area (Å²) in [5, 5.41) is 9.29. The Morgan fingerprint density at radius 3 is 2.85 bits per heavy atom. The molecule has 0 spiro atoms. The van der Waals surface area contributed by atoms with Crippen LogP contribution in [0.4, 0.5) is 8.78 Å². The monoisotopic (exact) mass is 184 g/mol. The number of halogens is 2. The SMILES string of the molecule is OC1CCc2c(F)cc(F)cc2C1. The van der Waals surface area contributed by atoms with Gasteiger partial charge in [0.25, 0.3) is 0 Å². The van der Waals surface area contributed by atoms with E-state index >= 15 is 0 Å². The maximum Gasteiger partial charge on any atom is 0.129 e. The summed E-state index contributed by atoms with van der Waals surface area (Å²) in [7, 11) is 0. The van der Waals surface area contributed by atoms with Crippen molar-refractivity contribution in [3.63, 3.8) is 0 Å². The molecular formula is C10H10F2O. The molecular weight excluding hydrogens is 174 g/mol. The molecule has 3 heteroatoms. The van der Waals surface area contributed by atoms with Gasteiger partial charge in [0.05, 0.1) is 6.10 Å². The van der Waals surface area contributed by atoms with Crippen LogP contribution in [0.15, 0.2) is 12.1 Å². The maximum atomic E-state index is 13.1. The number of fused-ring (bicyclic) bond motifs is 1. The van der Waals surface area contributed by atoms with E-state index in [9.17, 15) is 13.9 Å². The molecule has 1 nitrogen and oxygen atoms in total. The Balaban J connectivity index is 2.47. The van der Waals surface area contributed by atoms with Gasteiger partial charge >= 0.3 is 0 Å². The summed E-state index contributed by atoms with van der Waals surface area (Å²) in [6.45, 7) is 0. The van der Waals surface area contributed by atoms with Crippen LogP contribution in [-0.2, 0) is 12.8 Å². The fraction of sp³-hybridized carbons (Fsp3) is 0.400. The lowest BCUT2D eigenvalue weighted by Crippen LogP contribution is -2.19. The topological polar surface area (TPSA) is 20.2 Å². The number of rotatable bonds is 0. The van der Waals surface area contributed by atoms with Crippen molar-refractivity contribution in [1.29, 1.82) is 0 Å². The van der Waals surface area contributed by atoms with E-state index in [1.165, 1.54) is 6.07 Å². The molecule has 0 radical (unpaired) electrons. The highest BCUT2D eigenvalue weighted by Gasteiger charge is 2.20. The summed E-state index contributed by atoms with van der Waals surface area (Å²) in [6, 6.07) is 2.21. The first-order chi connectivity index (χ1) is 6.16. The van der Waals surface area contributed by atoms with Gasteiger partial charge in [0.2, 0.25) is 0 Å². The predicted molar refractivity (Wildman–Crippen MR) is 44.4 cm³/mol. The molecule has 0 saturated heterocycles. The van der Waals surface area contributed by atoms with Crippen LogP contribution in [0.3, 0.4) is 0 Å². The van der Waals surface area contributed by atoms with Crippen molar-refractivity contribution in [3.05, 3.63) is 34.9 Å². The van der Waals surface area contributed by atoms with E-state index in [0.29, 0.717) is 30.4 Å². The molecule has 0 amide bonds. The van der Waals surface area contributed by atoms with Crippen molar-refractivity contribution in [2.24, 2.45) is 0 Å². The molecule has 1 atom stereocenters. The summed E-state index contributed by atoms with van der Waals surface area (Å²) in [5.41, 5.74) is 1.17. The Morgan fingerprint density at radius 2 is 2.08 bits per heavy atom. The third kappa shape index (κ3) is 1.56. The lowest BCUT2D eigenvalue weighted by atomic mass is 9.89. The van der Waals surface area contributed by atoms with Gasteiger partial charge in [-0.05, 0) is 36.5 Å². The smallest absolute Gasteiger partial charge is 0.129 e. The van der Waals surface area contributed by atoms with Crippen molar-refractivity contribution in [3.8, 4) is 0 Å². The van der Waals surface area contributed by atoms with Crippen LogP contribution in [0.1, 0.15) is 17.5 Å². The minimum Gasteiger partial charge on any atom is -0.393 e. The molecule has 1 unspecified atom stereocenters. The Hall–Kier alpha value is -0.960. The fourth-order valence-corrected chi connectivity index (χ4v) is 1.79. The first-order valence-electron chi connectivity index (χ1n) is 4.31. The molecule has 1 aliphatic rings. The lowest BCUT2D eigenvalue weighted by Gasteiger charge is -2.20. The van der Waals surface area contributed by atoms with Crippen molar-refractivity contribution >= 4 is 0 Å². The van der Waals surface area contributed by atoms with Crippen molar-refractivity contribution in [2.45, 2.75) is 25.4 Å². The zero-order chi connectivity index (χ0) is 9.42. The largest absolute Gasteiger partial charge is 0.393 e. The summed E-state index contributed by atoms with van der Waals surface area (Å²) in [5.74, 6) is -1.05. The molecule has 1 aliphatic carbocycles. The Bertz CT molecular complexity index is 336. The molecule has 2 rings (SSSR count). The first-order valence-corrected chi connectivity index (χ1v) is 4.31. The molecule has 0 fully saturated rings. The summed E-state index contributed by atoms with van der Waals surface area (Å²) in [4.78, 5) is 0. The summed E-state index contributed by atoms with van der Waals surface area (Å²) >= 11 is 0. The van der Waals surface area contributed by atoms with Gasteiger partial charge in [0.1, 0.15) is 11.6 Å². The highest BCUT2D eigenvalue weighted by atomic mass is 19.1. The van der Waals surface area contributed by atoms with Crippen LogP contribution < -0.4 is 0 Å². The predicted octanol–water partition coefficient (Wildman–Crippen LogP) is 1.81. The van der Waals surface area contributed by atoms with E-state index in [0.717, 1.165) is 6.07 Å². The van der Waals surface area contributed by atoms with Crippen LogP contribution in [0.5, 0.6) is 0 Å². The molecule has 0 bridgehead atoms. The van der Waals surface area contributed by atoms with Gasteiger partial charge in [-0.1, -0.05) is 0 Å². The van der Waals surface area contributed by atoms with Crippen molar-refractivity contribution in [2.75, 3.05) is 0 Å². The zero-order valence-electron chi connectivity index (χ0n) is 7.06. The highest BCUT2D eigenvalue weighted by Crippen LogP contribution is 2.24. The third-order valence-corrected chi connectivity index (χ3v) is 2.44. The average molecular weight is 184 g/mol. The number of aliphatic hydroxyl groups is 1. The van der Waals surface area contributed by atoms with Crippen LogP contribution in [0, 0.1) is 11.6 Å². The quantitative estimate of drug-likeness (QED) is 0.652. The minimum absolute atomic E-state index is 0.365. The summed E-state index contributed by atoms with van der Waals surface area (Å²) < 4.78 is 25.9. The lowest BCUT2D eigenvalue weighted by molar-refractivity contribution is 0.157. The summed E-state index contributed by atoms with van der Waals surface area (Å²) in [6.07, 6.45) is 0.982. The van der Waals surface area contributed by atoms with Crippen LogP contribution in [0.2, 0.25) is 0 Å². The second-order valence-corrected chi connectivity index (χ2v) is 3.42. The number of hydrogen-bond donors (Lipinski definition) is 1. The second-order valence-electron chi connectivity index (χ2n) is 3.42. The van der Waals surface area contributed by atoms with Crippen molar-refractivity contribution in [1.82, 2.24) is 0 Å². The fourth-order valence-electron chi connectivity index (χ4n) is 1.79. The first kappa shape index (κ1) is 8.63. The van der Waals surface area contributed by atoms with Crippen LogP contribution in [0.25, 0.3) is 0 Å². The standard InChI is InChI=1S/C10H10F2O/c11-7-3-6-4-8(13)1-2-9(6)10(12)5-7/h3,5,8,13H,1-2,4H2. The molecule has 1 aromatic rings. The van der Waals surface area contributed by atoms with E-state index in [4.69, 9.17) is 0 Å². The molecule has 0 aromatic heterocycles. The Morgan fingerprint density at radius 1 is 1.31 bits per heavy atom. The van der Waals surface area contributed by atoms with Gasteiger partial charge in [0, 0.05) is 6.07 Å². The molecule has 0 aliphatic heterocycles. The van der Waals surface area contributed by atoms with Gasteiger partial charge < -0.3 is 5.11 Å². The Labute approximate surface area is 75.0 Å². The zero-order valence-corrected chi connectivity index (χ0v) is 7.06. The van der Waals surface area contributed by atoms with Crippen LogP contribution in [-0.4, -0.2) is 11.2 Å². The number of benzene rings is 1. The van der Waals surface area contributed by atoms with Gasteiger partial charge in [0.15, 0.2) is 0 Å². The van der Waals surface area contributed by atoms with E-state index in [1.807, 2.05) is 0 Å². The third-order valence-electron chi connectivity index (χ3n) is 2.44. The normalized spacial score (nSPS) is 21.3. The van der Waals surface area contributed by atoms with Crippen LogP contribution >= 0.6 is 0 Å². The number of aliphatic hydroxyl groups excluding tert-OH is 1. The van der Waals surface area contributed by atoms with Gasteiger partial charge in [-0.25, -0.2) is 8.78 Å². The van der Waals surface area contributed by atoms with E-state index in [1.54, 1.807) is 0 Å². The van der Waals surface area contributed by atoms with Gasteiger partial charge in [-0.2, -0.15) is 0 Å². The van der Waals surface area contributed by atoms with E-state index < -0.39 is 17.7 Å². The van der Waals surface area contributed by atoms with E-state index in [-0.39, 0.29) is 0 Å². The van der Waals surface area contributed by atoms with Crippen molar-refractivity contribution < 1.29 is 13.9 Å². The maximum absolute atomic E-state index is 13.1. The van der Waals surface area contributed by atoms with Gasteiger partial charge in [-0.3, -0.25) is 0 Å². The van der Waals surface area contributed by atoms with E-state index in [2.05, 4.69) is 0 Å². The molecule has 0 saturated carbocycles. The molecule has 70 valence electrons. The molecule has 13 heavy (non-hydrogen) atoms. The average Bonchev–Trinajstić information content (AvgIpc) is 2.02.